The van der Waals surface area contributed by atoms with E-state index in [1.807, 2.05) is 0 Å². The topological polar surface area (TPSA) is 181 Å². The molecule has 0 bridgehead atoms. The van der Waals surface area contributed by atoms with Crippen molar-refractivity contribution in [1.82, 2.24) is 15.3 Å². The first-order chi connectivity index (χ1) is 24.2. The molecule has 16 heteroatoms. The molecule has 13 nitrogen and oxygen atoms in total. The van der Waals surface area contributed by atoms with E-state index in [0.717, 1.165) is 24.3 Å². The van der Waals surface area contributed by atoms with Crippen LogP contribution in [0.15, 0.2) is 91.8 Å². The van der Waals surface area contributed by atoms with Gasteiger partial charge in [0.1, 0.15) is 6.04 Å². The molecule has 0 fully saturated rings. The zero-order valence-corrected chi connectivity index (χ0v) is 27.3. The number of benzene rings is 3. The Morgan fingerprint density at radius 2 is 1.51 bits per heavy atom. The van der Waals surface area contributed by atoms with Crippen molar-refractivity contribution in [2.24, 2.45) is 0 Å². The number of anilines is 5. The van der Waals surface area contributed by atoms with Gasteiger partial charge in [0.25, 0.3) is 11.8 Å². The van der Waals surface area contributed by atoms with Crippen molar-refractivity contribution in [3.05, 3.63) is 114 Å². The zero-order valence-electron chi connectivity index (χ0n) is 27.3. The third-order valence-electron chi connectivity index (χ3n) is 7.17. The Kier molecular flexibility index (Phi) is 12.2. The van der Waals surface area contributed by atoms with Crippen LogP contribution in [0.4, 0.5) is 41.9 Å². The van der Waals surface area contributed by atoms with Crippen molar-refractivity contribution in [3.63, 3.8) is 0 Å². The molecule has 1 aromatic heterocycles. The van der Waals surface area contributed by atoms with Gasteiger partial charge < -0.3 is 31.3 Å². The van der Waals surface area contributed by atoms with E-state index in [2.05, 4.69) is 47.9 Å². The summed E-state index contributed by atoms with van der Waals surface area (Å²) in [7, 11) is 1.22. The van der Waals surface area contributed by atoms with Gasteiger partial charge in [0.2, 0.25) is 17.8 Å². The summed E-state index contributed by atoms with van der Waals surface area (Å²) in [5.74, 6) is -2.87. The summed E-state index contributed by atoms with van der Waals surface area (Å²) in [6, 6.07) is 14.0. The van der Waals surface area contributed by atoms with Crippen LogP contribution in [0, 0.1) is 6.92 Å². The summed E-state index contributed by atoms with van der Waals surface area (Å²) < 4.78 is 43.8. The normalized spacial score (nSPS) is 11.4. The number of nitrogens with zero attached hydrogens (tertiary/aromatic N) is 2. The summed E-state index contributed by atoms with van der Waals surface area (Å²) in [4.78, 5) is 70.5. The fourth-order valence-corrected chi connectivity index (χ4v) is 4.54. The van der Waals surface area contributed by atoms with Crippen LogP contribution >= 0.6 is 0 Å². The average molecular weight is 704 g/mol. The number of hydrogen-bond acceptors (Lipinski definition) is 9. The first-order valence-corrected chi connectivity index (χ1v) is 15.2. The molecule has 4 amide bonds. The third kappa shape index (κ3) is 10.7. The second-order valence-electron chi connectivity index (χ2n) is 10.9. The Bertz CT molecular complexity index is 1950. The van der Waals surface area contributed by atoms with Crippen LogP contribution in [0.3, 0.4) is 0 Å². The molecule has 0 aliphatic heterocycles. The van der Waals surface area contributed by atoms with Crippen LogP contribution in [0.5, 0.6) is 0 Å². The monoisotopic (exact) mass is 703 g/mol. The number of carbonyl (C=O) groups excluding carboxylic acids is 5. The summed E-state index contributed by atoms with van der Waals surface area (Å²) in [6.45, 7) is 5.04. The molecular weight excluding hydrogens is 671 g/mol. The van der Waals surface area contributed by atoms with Crippen LogP contribution in [0.2, 0.25) is 0 Å². The number of esters is 1. The Morgan fingerprint density at radius 1 is 0.843 bits per heavy atom. The number of amides is 4. The van der Waals surface area contributed by atoms with E-state index in [4.69, 9.17) is 0 Å². The molecule has 1 atom stereocenters. The molecule has 4 rings (SSSR count). The Balaban J connectivity index is 1.38. The van der Waals surface area contributed by atoms with Gasteiger partial charge in [0.15, 0.2) is 0 Å². The second-order valence-corrected chi connectivity index (χ2v) is 10.9. The summed E-state index contributed by atoms with van der Waals surface area (Å²) in [5, 5.41) is 13.3. The highest BCUT2D eigenvalue weighted by Crippen LogP contribution is 2.30. The van der Waals surface area contributed by atoms with Gasteiger partial charge in [-0.3, -0.25) is 24.0 Å². The average Bonchev–Trinajstić information content (AvgIpc) is 3.11. The quantitative estimate of drug-likeness (QED) is 0.0873. The molecule has 0 aliphatic rings. The summed E-state index contributed by atoms with van der Waals surface area (Å²) in [6.07, 6.45) is -1.00. The number of aryl methyl sites for hydroxylation is 1. The fourth-order valence-electron chi connectivity index (χ4n) is 4.54. The molecule has 0 saturated carbocycles. The molecular formula is C35H32F3N7O6. The van der Waals surface area contributed by atoms with Crippen molar-refractivity contribution in [1.29, 1.82) is 0 Å². The number of carbonyl (C=O) groups is 5. The molecule has 0 saturated heterocycles. The third-order valence-corrected chi connectivity index (χ3v) is 7.17. The van der Waals surface area contributed by atoms with E-state index in [1.165, 1.54) is 37.7 Å². The minimum Gasteiger partial charge on any atom is -0.469 e. The van der Waals surface area contributed by atoms with E-state index in [1.54, 1.807) is 37.3 Å². The van der Waals surface area contributed by atoms with E-state index in [9.17, 15) is 37.1 Å². The maximum Gasteiger partial charge on any atom is 0.416 e. The maximum atomic E-state index is 13.1. The van der Waals surface area contributed by atoms with Gasteiger partial charge in [0.05, 0.1) is 30.8 Å². The van der Waals surface area contributed by atoms with Crippen molar-refractivity contribution in [2.75, 3.05) is 28.4 Å². The molecule has 0 aliphatic carbocycles. The number of alkyl halides is 3. The number of aromatic nitrogens is 2. The van der Waals surface area contributed by atoms with Crippen molar-refractivity contribution in [3.8, 4) is 0 Å². The lowest BCUT2D eigenvalue weighted by Crippen LogP contribution is -2.43. The van der Waals surface area contributed by atoms with E-state index >= 15 is 0 Å². The number of nitrogens with one attached hydrogen (secondary N) is 5. The molecule has 1 heterocycles. The van der Waals surface area contributed by atoms with Gasteiger partial charge in [-0.25, -0.2) is 9.97 Å². The molecule has 4 aromatic rings. The van der Waals surface area contributed by atoms with Gasteiger partial charge in [0, 0.05) is 34.6 Å². The molecule has 1 unspecified atom stereocenters. The van der Waals surface area contributed by atoms with Gasteiger partial charge in [-0.1, -0.05) is 24.8 Å². The molecule has 3 aromatic carbocycles. The first-order valence-electron chi connectivity index (χ1n) is 15.2. The summed E-state index contributed by atoms with van der Waals surface area (Å²) >= 11 is 0. The number of methoxy groups -OCH3 is 1. The van der Waals surface area contributed by atoms with E-state index in [-0.39, 0.29) is 41.3 Å². The lowest BCUT2D eigenvalue weighted by Gasteiger charge is -2.17. The predicted octanol–water partition coefficient (Wildman–Crippen LogP) is 5.61. The standard InChI is InChI=1S/C35H32F3N7O6/c1-4-29(46)45-28(13-14-30(47)51-3)33(50)42-23-9-6-10-24(16-23)44-34-39-18-26(19-40-34)43-32(49)27-17-25(12-11-20(27)2)41-31(48)21-7-5-8-22(15-21)35(36,37)38/h4-12,15-19,28H,1,13-14H2,2-3H3,(H,41,48)(H,42,50)(H,43,49)(H,45,46)(H,39,40,44). The van der Waals surface area contributed by atoms with Crippen LogP contribution in [-0.2, 0) is 25.3 Å². The van der Waals surface area contributed by atoms with E-state index < -0.39 is 47.4 Å². The van der Waals surface area contributed by atoms with Crippen LogP contribution in [0.1, 0.15) is 44.7 Å². The van der Waals surface area contributed by atoms with Gasteiger partial charge in [-0.15, -0.1) is 0 Å². The zero-order chi connectivity index (χ0) is 37.1. The second kappa shape index (κ2) is 16.7. The number of halogens is 3. The lowest BCUT2D eigenvalue weighted by atomic mass is 10.1. The number of ether oxygens (including phenoxy) is 1. The minimum absolute atomic E-state index is 0.00236. The largest absolute Gasteiger partial charge is 0.469 e. The van der Waals surface area contributed by atoms with Crippen molar-refractivity contribution < 1.29 is 41.9 Å². The van der Waals surface area contributed by atoms with Crippen molar-refractivity contribution in [2.45, 2.75) is 32.0 Å². The van der Waals surface area contributed by atoms with Gasteiger partial charge in [-0.2, -0.15) is 13.2 Å². The first kappa shape index (κ1) is 37.2. The highest BCUT2D eigenvalue weighted by atomic mass is 19.4. The highest BCUT2D eigenvalue weighted by molar-refractivity contribution is 6.08. The Morgan fingerprint density at radius 3 is 2.20 bits per heavy atom. The number of hydrogen-bond donors (Lipinski definition) is 5. The van der Waals surface area contributed by atoms with Crippen LogP contribution in [-0.4, -0.2) is 52.7 Å². The predicted molar refractivity (Wildman–Crippen MR) is 182 cm³/mol. The molecule has 51 heavy (non-hydrogen) atoms. The van der Waals surface area contributed by atoms with Crippen LogP contribution in [0.25, 0.3) is 0 Å². The van der Waals surface area contributed by atoms with Crippen molar-refractivity contribution >= 4 is 58.3 Å². The minimum atomic E-state index is -4.61. The lowest BCUT2D eigenvalue weighted by molar-refractivity contribution is -0.141. The molecule has 0 spiro atoms. The molecule has 5 N–H and O–H groups in total. The SMILES string of the molecule is C=CC(=O)NC(CCC(=O)OC)C(=O)Nc1cccc(Nc2ncc(NC(=O)c3cc(NC(=O)c4cccc(C(F)(F)F)c4)ccc3C)cn2)c1. The summed E-state index contributed by atoms with van der Waals surface area (Å²) in [5.41, 5.74) is 0.885. The van der Waals surface area contributed by atoms with Crippen LogP contribution < -0.4 is 26.6 Å². The molecule has 0 radical (unpaired) electrons. The smallest absolute Gasteiger partial charge is 0.416 e. The Labute approximate surface area is 289 Å². The Hall–Kier alpha value is -6.58. The maximum absolute atomic E-state index is 13.1. The van der Waals surface area contributed by atoms with E-state index in [0.29, 0.717) is 16.9 Å². The number of rotatable bonds is 13. The molecule has 264 valence electrons. The van der Waals surface area contributed by atoms with Gasteiger partial charge >= 0.3 is 12.1 Å². The fraction of sp³-hybridized carbons (Fsp3) is 0.171. The highest BCUT2D eigenvalue weighted by Gasteiger charge is 2.31. The van der Waals surface area contributed by atoms with Gasteiger partial charge in [-0.05, 0) is 73.5 Å².